The van der Waals surface area contributed by atoms with Gasteiger partial charge in [-0.1, -0.05) is 31.2 Å². The maximum Gasteiger partial charge on any atom is 0.340 e. The molecule has 2 N–H and O–H groups in total. The molecule has 1 aromatic carbocycles. The molecule has 3 aromatic rings. The van der Waals surface area contributed by atoms with Gasteiger partial charge in [0.05, 0.1) is 23.5 Å². The summed E-state index contributed by atoms with van der Waals surface area (Å²) in [5.41, 5.74) is 3.23. The van der Waals surface area contributed by atoms with Gasteiger partial charge >= 0.3 is 5.97 Å². The molecule has 0 aliphatic carbocycles. The highest BCUT2D eigenvalue weighted by atomic mass is 35.5. The van der Waals surface area contributed by atoms with E-state index in [2.05, 4.69) is 27.9 Å². The van der Waals surface area contributed by atoms with Crippen molar-refractivity contribution >= 4 is 34.3 Å². The number of carbonyl (C=O) groups is 1. The van der Waals surface area contributed by atoms with Gasteiger partial charge in [-0.3, -0.25) is 0 Å². The normalized spacial score (nSPS) is 13.9. The van der Waals surface area contributed by atoms with E-state index in [1.165, 1.54) is 0 Å². The molecule has 41 heavy (non-hydrogen) atoms. The van der Waals surface area contributed by atoms with E-state index in [1.807, 2.05) is 45.0 Å². The number of aliphatic hydroxyl groups excluding tert-OH is 1. The van der Waals surface area contributed by atoms with Gasteiger partial charge in [0.15, 0.2) is 0 Å². The van der Waals surface area contributed by atoms with Gasteiger partial charge in [-0.2, -0.15) is 4.98 Å². The lowest BCUT2D eigenvalue weighted by atomic mass is 10.0. The van der Waals surface area contributed by atoms with Gasteiger partial charge in [-0.05, 0) is 64.3 Å². The third-order valence-electron chi connectivity index (χ3n) is 7.20. The first-order chi connectivity index (χ1) is 19.5. The Kier molecular flexibility index (Phi) is 9.53. The van der Waals surface area contributed by atoms with E-state index in [4.69, 9.17) is 26.1 Å². The van der Waals surface area contributed by atoms with Gasteiger partial charge in [0.1, 0.15) is 11.4 Å². The highest BCUT2D eigenvalue weighted by Crippen LogP contribution is 2.38. The molecular weight excluding hydrogens is 540 g/mol. The van der Waals surface area contributed by atoms with E-state index in [0.717, 1.165) is 85.4 Å². The number of ether oxygens (including phenoxy) is 2. The number of unbranched alkanes of at least 4 members (excludes halogenated alkanes) is 2. The molecule has 1 aliphatic rings. The summed E-state index contributed by atoms with van der Waals surface area (Å²) in [5.74, 6) is 1.17. The van der Waals surface area contributed by atoms with Crippen LogP contribution < -0.4 is 9.64 Å². The topological polar surface area (TPSA) is 90.9 Å². The minimum Gasteiger partial charge on any atom is -0.513 e. The first-order valence-corrected chi connectivity index (χ1v) is 14.5. The molecule has 9 heteroatoms. The molecule has 0 unspecified atom stereocenters. The predicted molar refractivity (Wildman–Crippen MR) is 166 cm³/mol. The molecule has 1 saturated heterocycles. The quantitative estimate of drug-likeness (QED) is 0.138. The number of anilines is 1. The summed E-state index contributed by atoms with van der Waals surface area (Å²) in [7, 11) is 1.60. The molecule has 0 bridgehead atoms. The Labute approximate surface area is 247 Å². The Morgan fingerprint density at radius 1 is 1.07 bits per heavy atom. The summed E-state index contributed by atoms with van der Waals surface area (Å²) in [5, 5.41) is 10.5. The predicted octanol–water partition coefficient (Wildman–Crippen LogP) is 7.51. The fraction of sp³-hybridized carbons (Fsp3) is 0.438. The number of hydrogen-bond acceptors (Lipinski definition) is 7. The number of allylic oxidation sites excluding steroid dienone is 2. The van der Waals surface area contributed by atoms with Crippen LogP contribution in [-0.2, 0) is 4.74 Å². The van der Waals surface area contributed by atoms with E-state index < -0.39 is 11.6 Å². The number of hydrogen-bond donors (Lipinski definition) is 2. The van der Waals surface area contributed by atoms with Crippen LogP contribution in [0.15, 0.2) is 55.1 Å². The summed E-state index contributed by atoms with van der Waals surface area (Å²) in [6.07, 6.45) is 6.34. The SMILES string of the molecule is C=C(O)CCCCCC(=C)N1CCN(c2ccc(-c3cc4c(C(=O)OC(C)(C)C)c[nH]c4cc3Cl)c(OC)n2)CC1. The molecule has 0 atom stereocenters. The lowest BCUT2D eigenvalue weighted by molar-refractivity contribution is 0.00718. The molecule has 0 saturated carbocycles. The van der Waals surface area contributed by atoms with Crippen molar-refractivity contribution in [3.05, 3.63) is 65.7 Å². The number of rotatable bonds is 11. The maximum atomic E-state index is 12.8. The third kappa shape index (κ3) is 7.55. The van der Waals surface area contributed by atoms with E-state index >= 15 is 0 Å². The molecule has 8 nitrogen and oxygen atoms in total. The Balaban J connectivity index is 1.46. The number of methoxy groups -OCH3 is 1. The fourth-order valence-corrected chi connectivity index (χ4v) is 5.33. The second kappa shape index (κ2) is 12.9. The monoisotopic (exact) mass is 580 g/mol. The largest absolute Gasteiger partial charge is 0.513 e. The summed E-state index contributed by atoms with van der Waals surface area (Å²) in [6.45, 7) is 16.8. The van der Waals surface area contributed by atoms with Crippen molar-refractivity contribution in [1.82, 2.24) is 14.9 Å². The molecule has 220 valence electrons. The summed E-state index contributed by atoms with van der Waals surface area (Å²) in [4.78, 5) is 25.4. The van der Waals surface area contributed by atoms with Crippen LogP contribution in [0.2, 0.25) is 5.02 Å². The zero-order valence-corrected chi connectivity index (χ0v) is 25.3. The van der Waals surface area contributed by atoms with Gasteiger partial charge in [0, 0.05) is 66.5 Å². The second-order valence-corrected chi connectivity index (χ2v) is 11.9. The smallest absolute Gasteiger partial charge is 0.340 e. The highest BCUT2D eigenvalue weighted by molar-refractivity contribution is 6.34. The van der Waals surface area contributed by atoms with E-state index in [1.54, 1.807) is 13.3 Å². The first kappa shape index (κ1) is 30.3. The number of benzene rings is 1. The van der Waals surface area contributed by atoms with Crippen molar-refractivity contribution in [1.29, 1.82) is 0 Å². The number of aliphatic hydroxyl groups is 1. The highest BCUT2D eigenvalue weighted by Gasteiger charge is 2.24. The molecule has 1 aliphatic heterocycles. The van der Waals surface area contributed by atoms with Crippen LogP contribution in [0.3, 0.4) is 0 Å². The van der Waals surface area contributed by atoms with Crippen molar-refractivity contribution in [2.75, 3.05) is 38.2 Å². The second-order valence-electron chi connectivity index (χ2n) is 11.5. The van der Waals surface area contributed by atoms with Crippen molar-refractivity contribution in [3.8, 4) is 17.0 Å². The lowest BCUT2D eigenvalue weighted by Crippen LogP contribution is -2.46. The van der Waals surface area contributed by atoms with Crippen molar-refractivity contribution in [2.45, 2.75) is 58.5 Å². The standard InChI is InChI=1S/C32H41ClN4O4/c1-21(10-8-7-9-11-22(2)38)36-14-16-37(17-15-36)29-13-12-23(30(35-29)40-6)24-18-25-26(31(39)41-32(3,4)5)20-34-28(25)19-27(24)33/h12-13,18-20,34,38H,1-2,7-11,14-17H2,3-6H3. The lowest BCUT2D eigenvalue weighted by Gasteiger charge is -2.37. The van der Waals surface area contributed by atoms with Crippen LogP contribution in [-0.4, -0.2) is 64.8 Å². The molecule has 2 aromatic heterocycles. The zero-order chi connectivity index (χ0) is 29.7. The maximum absolute atomic E-state index is 12.8. The fourth-order valence-electron chi connectivity index (χ4n) is 5.06. The van der Waals surface area contributed by atoms with Crippen molar-refractivity contribution < 1.29 is 19.4 Å². The molecule has 4 rings (SSSR count). The number of H-pyrrole nitrogens is 1. The van der Waals surface area contributed by atoms with Gasteiger partial charge in [-0.15, -0.1) is 0 Å². The molecular formula is C32H41ClN4O4. The van der Waals surface area contributed by atoms with Crippen LogP contribution in [0.5, 0.6) is 5.88 Å². The minimum absolute atomic E-state index is 0.260. The molecule has 0 spiro atoms. The number of esters is 1. The Morgan fingerprint density at radius 2 is 1.78 bits per heavy atom. The molecule has 1 fully saturated rings. The average molecular weight is 581 g/mol. The number of fused-ring (bicyclic) bond motifs is 1. The van der Waals surface area contributed by atoms with Crippen molar-refractivity contribution in [3.63, 3.8) is 0 Å². The minimum atomic E-state index is -0.603. The van der Waals surface area contributed by atoms with E-state index in [0.29, 0.717) is 22.9 Å². The zero-order valence-electron chi connectivity index (χ0n) is 24.6. The molecule has 0 amide bonds. The number of aromatic amines is 1. The van der Waals surface area contributed by atoms with Gasteiger partial charge in [-0.25, -0.2) is 4.79 Å². The Morgan fingerprint density at radius 3 is 2.44 bits per heavy atom. The molecule has 0 radical (unpaired) electrons. The Hall–Kier alpha value is -3.65. The van der Waals surface area contributed by atoms with Crippen LogP contribution in [0.1, 0.15) is 63.2 Å². The average Bonchev–Trinajstić information content (AvgIpc) is 3.33. The third-order valence-corrected chi connectivity index (χ3v) is 7.51. The summed E-state index contributed by atoms with van der Waals surface area (Å²) >= 11 is 6.70. The molecule has 3 heterocycles. The van der Waals surface area contributed by atoms with Gasteiger partial charge in [0.2, 0.25) is 5.88 Å². The number of aromatic nitrogens is 2. The number of carbonyl (C=O) groups excluding carboxylic acids is 1. The summed E-state index contributed by atoms with van der Waals surface area (Å²) < 4.78 is 11.3. The van der Waals surface area contributed by atoms with Crippen LogP contribution in [0, 0.1) is 0 Å². The van der Waals surface area contributed by atoms with Gasteiger partial charge in [0.25, 0.3) is 0 Å². The van der Waals surface area contributed by atoms with E-state index in [9.17, 15) is 9.90 Å². The number of nitrogens with one attached hydrogen (secondary N) is 1. The summed E-state index contributed by atoms with van der Waals surface area (Å²) in [6, 6.07) is 7.66. The number of nitrogens with zero attached hydrogens (tertiary/aromatic N) is 3. The van der Waals surface area contributed by atoms with Crippen LogP contribution >= 0.6 is 11.6 Å². The number of halogens is 1. The number of piperazine rings is 1. The van der Waals surface area contributed by atoms with Gasteiger partial charge < -0.3 is 29.4 Å². The van der Waals surface area contributed by atoms with Crippen LogP contribution in [0.4, 0.5) is 5.82 Å². The van der Waals surface area contributed by atoms with Crippen LogP contribution in [0.25, 0.3) is 22.0 Å². The Bertz CT molecular complexity index is 1420. The number of pyridine rings is 1. The first-order valence-electron chi connectivity index (χ1n) is 14.1. The van der Waals surface area contributed by atoms with E-state index in [-0.39, 0.29) is 5.76 Å². The van der Waals surface area contributed by atoms with Crippen molar-refractivity contribution in [2.24, 2.45) is 0 Å².